The lowest BCUT2D eigenvalue weighted by molar-refractivity contribution is -0.122. The average Bonchev–Trinajstić information content (AvgIpc) is 2.93. The van der Waals surface area contributed by atoms with E-state index in [2.05, 4.69) is 20.8 Å². The zero-order valence-electron chi connectivity index (χ0n) is 12.2. The van der Waals surface area contributed by atoms with Gasteiger partial charge in [-0.25, -0.2) is 0 Å². The topological polar surface area (TPSA) is 99.3 Å². The molecule has 22 heavy (non-hydrogen) atoms. The van der Waals surface area contributed by atoms with Crippen LogP contribution in [0.15, 0.2) is 24.3 Å². The number of H-pyrrole nitrogens is 1. The number of ether oxygens (including phenoxy) is 1. The van der Waals surface area contributed by atoms with E-state index >= 15 is 0 Å². The van der Waals surface area contributed by atoms with Crippen LogP contribution in [0.4, 0.5) is 5.82 Å². The van der Waals surface area contributed by atoms with Crippen molar-refractivity contribution in [3.05, 3.63) is 35.5 Å². The number of hydrogen-bond donors (Lipinski definition) is 4. The summed E-state index contributed by atoms with van der Waals surface area (Å²) in [7, 11) is 0. The number of benzene rings is 1. The molecule has 2 heterocycles. The number of aromatic amines is 1. The molecular formula is C15H18N4O3. The first-order valence-corrected chi connectivity index (χ1v) is 7.17. The normalized spacial score (nSPS) is 15.0. The Bertz CT molecular complexity index is 666. The molecule has 3 rings (SSSR count). The minimum atomic E-state index is -0.668. The van der Waals surface area contributed by atoms with E-state index in [1.54, 1.807) is 19.1 Å². The number of phenolic OH excluding ortho intramolecular Hbond substituents is 1. The van der Waals surface area contributed by atoms with Crippen molar-refractivity contribution in [1.82, 2.24) is 15.5 Å². The third-order valence-electron chi connectivity index (χ3n) is 3.57. The summed E-state index contributed by atoms with van der Waals surface area (Å²) < 4.78 is 5.55. The van der Waals surface area contributed by atoms with Crippen LogP contribution in [0.5, 0.6) is 11.5 Å². The first-order valence-electron chi connectivity index (χ1n) is 7.17. The molecule has 1 atom stereocenters. The highest BCUT2D eigenvalue weighted by atomic mass is 16.5. The van der Waals surface area contributed by atoms with Gasteiger partial charge in [0.15, 0.2) is 11.9 Å². The van der Waals surface area contributed by atoms with Crippen LogP contribution in [0.3, 0.4) is 0 Å². The van der Waals surface area contributed by atoms with E-state index in [4.69, 9.17) is 4.74 Å². The second kappa shape index (κ2) is 6.07. The minimum Gasteiger partial charge on any atom is -0.508 e. The Balaban J connectivity index is 1.64. The van der Waals surface area contributed by atoms with Crippen LogP contribution in [-0.2, 0) is 17.8 Å². The number of hydrogen-bond acceptors (Lipinski definition) is 5. The van der Waals surface area contributed by atoms with Crippen LogP contribution in [0.2, 0.25) is 0 Å². The molecule has 7 nitrogen and oxygen atoms in total. The lowest BCUT2D eigenvalue weighted by atomic mass is 10.1. The van der Waals surface area contributed by atoms with E-state index in [0.717, 1.165) is 30.8 Å². The summed E-state index contributed by atoms with van der Waals surface area (Å²) in [5, 5.41) is 22.4. The molecule has 0 saturated heterocycles. The zero-order chi connectivity index (χ0) is 15.5. The Morgan fingerprint density at radius 1 is 1.41 bits per heavy atom. The average molecular weight is 302 g/mol. The minimum absolute atomic E-state index is 0.154. The summed E-state index contributed by atoms with van der Waals surface area (Å²) in [5.74, 6) is 0.985. The monoisotopic (exact) mass is 302 g/mol. The first kappa shape index (κ1) is 14.4. The number of carbonyl (C=O) groups is 1. The predicted octanol–water partition coefficient (Wildman–Crippen LogP) is 1.17. The van der Waals surface area contributed by atoms with Gasteiger partial charge in [-0.3, -0.25) is 9.89 Å². The standard InChI is InChI=1S/C15H18N4O3/c1-9(22-11-4-2-10(20)3-5-11)15(21)17-14-12-6-7-16-8-13(12)18-19-14/h2-5,9,16,20H,6-8H2,1H3,(H2,17,18,19,21). The second-order valence-corrected chi connectivity index (χ2v) is 5.20. The molecule has 0 aliphatic carbocycles. The maximum atomic E-state index is 12.2. The largest absolute Gasteiger partial charge is 0.508 e. The summed E-state index contributed by atoms with van der Waals surface area (Å²) in [6.07, 6.45) is 0.160. The maximum Gasteiger partial charge on any atom is 0.266 e. The number of fused-ring (bicyclic) bond motifs is 1. The van der Waals surface area contributed by atoms with Crippen LogP contribution >= 0.6 is 0 Å². The van der Waals surface area contributed by atoms with Gasteiger partial charge < -0.3 is 20.5 Å². The Kier molecular flexibility index (Phi) is 3.97. The molecule has 1 aliphatic heterocycles. The maximum absolute atomic E-state index is 12.2. The van der Waals surface area contributed by atoms with E-state index in [0.29, 0.717) is 11.6 Å². The number of amides is 1. The number of phenols is 1. The van der Waals surface area contributed by atoms with Crippen molar-refractivity contribution in [2.75, 3.05) is 11.9 Å². The molecule has 0 bridgehead atoms. The highest BCUT2D eigenvalue weighted by Crippen LogP contribution is 2.21. The van der Waals surface area contributed by atoms with Crippen molar-refractivity contribution in [2.45, 2.75) is 26.0 Å². The van der Waals surface area contributed by atoms with Gasteiger partial charge in [-0.05, 0) is 44.2 Å². The third-order valence-corrected chi connectivity index (χ3v) is 3.57. The van der Waals surface area contributed by atoms with Crippen molar-refractivity contribution in [3.8, 4) is 11.5 Å². The number of carbonyl (C=O) groups excluding carboxylic acids is 1. The van der Waals surface area contributed by atoms with Crippen molar-refractivity contribution < 1.29 is 14.6 Å². The third kappa shape index (κ3) is 3.04. The predicted molar refractivity (Wildman–Crippen MR) is 80.8 cm³/mol. The highest BCUT2D eigenvalue weighted by molar-refractivity contribution is 5.94. The Morgan fingerprint density at radius 2 is 2.18 bits per heavy atom. The van der Waals surface area contributed by atoms with Gasteiger partial charge in [-0.1, -0.05) is 0 Å². The van der Waals surface area contributed by atoms with Gasteiger partial charge in [-0.15, -0.1) is 0 Å². The summed E-state index contributed by atoms with van der Waals surface area (Å²) in [4.78, 5) is 12.2. The fourth-order valence-electron chi connectivity index (χ4n) is 2.35. The Morgan fingerprint density at radius 3 is 2.95 bits per heavy atom. The number of nitrogens with one attached hydrogen (secondary N) is 3. The molecule has 116 valence electrons. The molecule has 1 aromatic carbocycles. The van der Waals surface area contributed by atoms with E-state index in [9.17, 15) is 9.90 Å². The first-order chi connectivity index (χ1) is 10.6. The quantitative estimate of drug-likeness (QED) is 0.679. The number of aromatic hydroxyl groups is 1. The molecule has 7 heteroatoms. The number of anilines is 1. The van der Waals surface area contributed by atoms with Crippen LogP contribution in [-0.4, -0.2) is 33.9 Å². The van der Waals surface area contributed by atoms with E-state index in [1.807, 2.05) is 0 Å². The lowest BCUT2D eigenvalue weighted by Crippen LogP contribution is -2.31. The van der Waals surface area contributed by atoms with Gasteiger partial charge in [0.25, 0.3) is 5.91 Å². The Labute approximate surface area is 127 Å². The zero-order valence-corrected chi connectivity index (χ0v) is 12.2. The molecule has 0 spiro atoms. The van der Waals surface area contributed by atoms with E-state index in [-0.39, 0.29) is 11.7 Å². The summed E-state index contributed by atoms with van der Waals surface area (Å²) in [6, 6.07) is 6.25. The number of aromatic nitrogens is 2. The summed E-state index contributed by atoms with van der Waals surface area (Å²) in [6.45, 7) is 3.27. The molecule has 0 fully saturated rings. The van der Waals surface area contributed by atoms with Gasteiger partial charge in [0.05, 0.1) is 5.69 Å². The molecule has 1 aliphatic rings. The second-order valence-electron chi connectivity index (χ2n) is 5.20. The molecule has 0 radical (unpaired) electrons. The molecule has 0 saturated carbocycles. The van der Waals surface area contributed by atoms with Crippen LogP contribution in [0.25, 0.3) is 0 Å². The van der Waals surface area contributed by atoms with Gasteiger partial charge in [0.2, 0.25) is 0 Å². The molecule has 2 aromatic rings. The molecule has 1 aromatic heterocycles. The molecule has 1 unspecified atom stereocenters. The van der Waals surface area contributed by atoms with Gasteiger partial charge in [0.1, 0.15) is 11.5 Å². The van der Waals surface area contributed by atoms with Crippen molar-refractivity contribution in [1.29, 1.82) is 0 Å². The smallest absolute Gasteiger partial charge is 0.266 e. The van der Waals surface area contributed by atoms with Crippen molar-refractivity contribution in [3.63, 3.8) is 0 Å². The van der Waals surface area contributed by atoms with Gasteiger partial charge in [0, 0.05) is 12.1 Å². The van der Waals surface area contributed by atoms with E-state index < -0.39 is 6.10 Å². The van der Waals surface area contributed by atoms with Crippen LogP contribution in [0, 0.1) is 0 Å². The molecular weight excluding hydrogens is 284 g/mol. The number of rotatable bonds is 4. The highest BCUT2D eigenvalue weighted by Gasteiger charge is 2.21. The Hall–Kier alpha value is -2.54. The van der Waals surface area contributed by atoms with Crippen molar-refractivity contribution in [2.24, 2.45) is 0 Å². The lowest BCUT2D eigenvalue weighted by Gasteiger charge is -2.16. The molecule has 1 amide bonds. The SMILES string of the molecule is CC(Oc1ccc(O)cc1)C(=O)Nc1n[nH]c2c1CCNC2. The fraction of sp³-hybridized carbons (Fsp3) is 0.333. The van der Waals surface area contributed by atoms with Gasteiger partial charge >= 0.3 is 0 Å². The van der Waals surface area contributed by atoms with Crippen molar-refractivity contribution >= 4 is 11.7 Å². The number of nitrogens with zero attached hydrogens (tertiary/aromatic N) is 1. The fourth-order valence-corrected chi connectivity index (χ4v) is 2.35. The van der Waals surface area contributed by atoms with E-state index in [1.165, 1.54) is 12.1 Å². The van der Waals surface area contributed by atoms with Crippen LogP contribution < -0.4 is 15.4 Å². The summed E-state index contributed by atoms with van der Waals surface area (Å²) in [5.41, 5.74) is 2.05. The van der Waals surface area contributed by atoms with Gasteiger partial charge in [-0.2, -0.15) is 5.10 Å². The summed E-state index contributed by atoms with van der Waals surface area (Å²) >= 11 is 0. The van der Waals surface area contributed by atoms with Crippen LogP contribution in [0.1, 0.15) is 18.2 Å². The molecule has 4 N–H and O–H groups in total.